The number of hydrogen-bond acceptors (Lipinski definition) is 5. The predicted molar refractivity (Wildman–Crippen MR) is 102 cm³/mol. The van der Waals surface area contributed by atoms with Crippen molar-refractivity contribution in [1.29, 1.82) is 0 Å². The van der Waals surface area contributed by atoms with Crippen molar-refractivity contribution in [2.75, 3.05) is 20.7 Å². The zero-order valence-electron chi connectivity index (χ0n) is 16.1. The predicted octanol–water partition coefficient (Wildman–Crippen LogP) is 2.21. The molecule has 7 nitrogen and oxygen atoms in total. The number of methoxy groups -OCH3 is 1. The van der Waals surface area contributed by atoms with Crippen LogP contribution >= 0.6 is 0 Å². The summed E-state index contributed by atoms with van der Waals surface area (Å²) in [6.45, 7) is 0.151. The van der Waals surface area contributed by atoms with Crippen molar-refractivity contribution < 1.29 is 18.7 Å². The smallest absolute Gasteiger partial charge is 0.224 e. The molecule has 28 heavy (non-hydrogen) atoms. The number of benzene rings is 1. The van der Waals surface area contributed by atoms with Gasteiger partial charge in [0.15, 0.2) is 17.2 Å². The van der Waals surface area contributed by atoms with Crippen molar-refractivity contribution >= 4 is 11.8 Å². The molecule has 0 fully saturated rings. The van der Waals surface area contributed by atoms with Gasteiger partial charge in [0.25, 0.3) is 0 Å². The number of ether oxygens (including phenoxy) is 1. The molecule has 0 aromatic heterocycles. The van der Waals surface area contributed by atoms with Crippen LogP contribution in [0.15, 0.2) is 28.4 Å². The van der Waals surface area contributed by atoms with Crippen molar-refractivity contribution in [3.63, 3.8) is 0 Å². The molecule has 1 heterocycles. The summed E-state index contributed by atoms with van der Waals surface area (Å²) in [7, 11) is 2.91. The lowest BCUT2D eigenvalue weighted by Crippen LogP contribution is -2.39. The molecule has 0 saturated heterocycles. The molecule has 1 atom stereocenters. The maximum absolute atomic E-state index is 13.9. The van der Waals surface area contributed by atoms with Gasteiger partial charge in [-0.05, 0) is 24.1 Å². The molecular weight excluding hydrogens is 363 g/mol. The summed E-state index contributed by atoms with van der Waals surface area (Å²) < 4.78 is 18.8. The Balaban J connectivity index is 1.86. The second kappa shape index (κ2) is 9.83. The van der Waals surface area contributed by atoms with E-state index >= 15 is 0 Å². The van der Waals surface area contributed by atoms with Crippen LogP contribution in [0.1, 0.15) is 31.2 Å². The van der Waals surface area contributed by atoms with Crippen LogP contribution in [0.4, 0.5) is 4.39 Å². The van der Waals surface area contributed by atoms with Gasteiger partial charge in [-0.1, -0.05) is 6.07 Å². The van der Waals surface area contributed by atoms with Crippen LogP contribution in [0.25, 0.3) is 0 Å². The van der Waals surface area contributed by atoms with Gasteiger partial charge in [0.2, 0.25) is 11.8 Å². The molecule has 2 rings (SSSR count). The molecule has 2 N–H and O–H groups in total. The van der Waals surface area contributed by atoms with E-state index in [1.165, 1.54) is 26.3 Å². The Morgan fingerprint density at radius 2 is 2.11 bits per heavy atom. The fourth-order valence-corrected chi connectivity index (χ4v) is 2.89. The van der Waals surface area contributed by atoms with E-state index in [9.17, 15) is 14.0 Å². The van der Waals surface area contributed by atoms with Crippen molar-refractivity contribution in [2.24, 2.45) is 16.1 Å². The molecule has 0 aliphatic carbocycles. The quantitative estimate of drug-likeness (QED) is 0.569. The topological polar surface area (TPSA) is 92.1 Å². The standard InChI is InChI=1S/C20H25FN4O3/c1-4-5-9-20(24-25-20)10-8-18(26)23-13-15(19(27)22-2)11-14-6-7-17(28-3)16(21)12-14/h1,6-7,12,15H,5,8-11,13H2,2-3H3,(H,22,27)(H,23,26). The molecule has 150 valence electrons. The number of rotatable bonds is 11. The lowest BCUT2D eigenvalue weighted by Gasteiger charge is -2.17. The molecule has 0 spiro atoms. The van der Waals surface area contributed by atoms with E-state index in [0.717, 1.165) is 0 Å². The largest absolute Gasteiger partial charge is 0.494 e. The normalized spacial score (nSPS) is 14.6. The molecule has 1 unspecified atom stereocenters. The van der Waals surface area contributed by atoms with Gasteiger partial charge in [-0.25, -0.2) is 4.39 Å². The summed E-state index contributed by atoms with van der Waals surface area (Å²) in [6, 6.07) is 4.55. The van der Waals surface area contributed by atoms with Gasteiger partial charge < -0.3 is 15.4 Å². The van der Waals surface area contributed by atoms with Gasteiger partial charge in [-0.3, -0.25) is 9.59 Å². The third-order valence-electron chi connectivity index (χ3n) is 4.67. The molecule has 1 aliphatic rings. The summed E-state index contributed by atoms with van der Waals surface area (Å²) in [6.07, 6.45) is 7.48. The Labute approximate surface area is 164 Å². The first-order valence-corrected chi connectivity index (χ1v) is 9.11. The van der Waals surface area contributed by atoms with Crippen LogP contribution in [0.5, 0.6) is 5.75 Å². The average Bonchev–Trinajstić information content (AvgIpc) is 3.47. The van der Waals surface area contributed by atoms with Crippen LogP contribution < -0.4 is 15.4 Å². The van der Waals surface area contributed by atoms with Crippen LogP contribution in [0.2, 0.25) is 0 Å². The van der Waals surface area contributed by atoms with Crippen molar-refractivity contribution in [3.8, 4) is 18.1 Å². The van der Waals surface area contributed by atoms with E-state index < -0.39 is 17.4 Å². The van der Waals surface area contributed by atoms with Crippen molar-refractivity contribution in [2.45, 2.75) is 37.8 Å². The zero-order chi connectivity index (χ0) is 20.6. The molecular formula is C20H25FN4O3. The number of amides is 2. The highest BCUT2D eigenvalue weighted by atomic mass is 19.1. The number of carbonyl (C=O) groups excluding carboxylic acids is 2. The Morgan fingerprint density at radius 1 is 1.36 bits per heavy atom. The molecule has 1 aromatic rings. The van der Waals surface area contributed by atoms with Gasteiger partial charge in [-0.15, -0.1) is 12.3 Å². The Morgan fingerprint density at radius 3 is 2.68 bits per heavy atom. The zero-order valence-corrected chi connectivity index (χ0v) is 16.1. The van der Waals surface area contributed by atoms with E-state index in [4.69, 9.17) is 11.2 Å². The Kier molecular flexibility index (Phi) is 7.50. The second-order valence-corrected chi connectivity index (χ2v) is 6.67. The highest BCUT2D eigenvalue weighted by Gasteiger charge is 2.39. The summed E-state index contributed by atoms with van der Waals surface area (Å²) >= 11 is 0. The third kappa shape index (κ3) is 6.05. The van der Waals surface area contributed by atoms with Gasteiger partial charge >= 0.3 is 0 Å². The Hall–Kier alpha value is -2.95. The van der Waals surface area contributed by atoms with E-state index in [0.29, 0.717) is 24.8 Å². The summed E-state index contributed by atoms with van der Waals surface area (Å²) in [5.74, 6) is 1.26. The van der Waals surface area contributed by atoms with E-state index in [-0.39, 0.29) is 37.0 Å². The van der Waals surface area contributed by atoms with Crippen LogP contribution in [-0.4, -0.2) is 38.2 Å². The van der Waals surface area contributed by atoms with E-state index in [2.05, 4.69) is 26.8 Å². The molecule has 2 amide bonds. The molecule has 0 saturated carbocycles. The molecule has 8 heteroatoms. The third-order valence-corrected chi connectivity index (χ3v) is 4.67. The molecule has 0 radical (unpaired) electrons. The Bertz CT molecular complexity index is 782. The van der Waals surface area contributed by atoms with Crippen molar-refractivity contribution in [3.05, 3.63) is 29.6 Å². The van der Waals surface area contributed by atoms with Crippen LogP contribution in [0, 0.1) is 24.1 Å². The minimum atomic E-state index is -0.521. The first-order chi connectivity index (χ1) is 13.4. The number of hydrogen-bond donors (Lipinski definition) is 2. The first kappa shape index (κ1) is 21.4. The van der Waals surface area contributed by atoms with Gasteiger partial charge in [0.1, 0.15) is 0 Å². The SMILES string of the molecule is C#CCCC1(CCC(=O)NCC(Cc2ccc(OC)c(F)c2)C(=O)NC)N=N1. The minimum absolute atomic E-state index is 0.142. The molecule has 0 bridgehead atoms. The molecule has 1 aromatic carbocycles. The summed E-state index contributed by atoms with van der Waals surface area (Å²) in [5.41, 5.74) is 0.134. The number of terminal acetylenes is 1. The fraction of sp³-hybridized carbons (Fsp3) is 0.500. The minimum Gasteiger partial charge on any atom is -0.494 e. The first-order valence-electron chi connectivity index (χ1n) is 9.11. The molecule has 1 aliphatic heterocycles. The summed E-state index contributed by atoms with van der Waals surface area (Å²) in [5, 5.41) is 13.3. The van der Waals surface area contributed by atoms with E-state index in [1.54, 1.807) is 6.07 Å². The highest BCUT2D eigenvalue weighted by molar-refractivity contribution is 5.81. The lowest BCUT2D eigenvalue weighted by molar-refractivity contribution is -0.125. The van der Waals surface area contributed by atoms with E-state index in [1.807, 2.05) is 0 Å². The fourth-order valence-electron chi connectivity index (χ4n) is 2.89. The number of carbonyl (C=O) groups is 2. The van der Waals surface area contributed by atoms with Crippen molar-refractivity contribution in [1.82, 2.24) is 10.6 Å². The number of halogens is 1. The highest BCUT2D eigenvalue weighted by Crippen LogP contribution is 2.37. The maximum atomic E-state index is 13.9. The monoisotopic (exact) mass is 388 g/mol. The second-order valence-electron chi connectivity index (χ2n) is 6.67. The average molecular weight is 388 g/mol. The van der Waals surface area contributed by atoms with Crippen LogP contribution in [-0.2, 0) is 16.0 Å². The lowest BCUT2D eigenvalue weighted by atomic mass is 9.97. The maximum Gasteiger partial charge on any atom is 0.224 e. The van der Waals surface area contributed by atoms with Crippen LogP contribution in [0.3, 0.4) is 0 Å². The van der Waals surface area contributed by atoms with Gasteiger partial charge in [0, 0.05) is 39.3 Å². The van der Waals surface area contributed by atoms with Gasteiger partial charge in [0.05, 0.1) is 13.0 Å². The number of nitrogens with zero attached hydrogens (tertiary/aromatic N) is 2. The number of nitrogens with one attached hydrogen (secondary N) is 2. The van der Waals surface area contributed by atoms with Gasteiger partial charge in [-0.2, -0.15) is 10.2 Å². The summed E-state index contributed by atoms with van der Waals surface area (Å²) in [4.78, 5) is 24.3.